The summed E-state index contributed by atoms with van der Waals surface area (Å²) in [6, 6.07) is 4.73. The van der Waals surface area contributed by atoms with Gasteiger partial charge >= 0.3 is 0 Å². The van der Waals surface area contributed by atoms with Crippen LogP contribution in [0.25, 0.3) is 0 Å². The van der Waals surface area contributed by atoms with E-state index < -0.39 is 17.9 Å². The minimum absolute atomic E-state index is 0.0532. The van der Waals surface area contributed by atoms with Gasteiger partial charge in [0.2, 0.25) is 6.17 Å². The van der Waals surface area contributed by atoms with Crippen LogP contribution in [0.2, 0.25) is 0 Å². The van der Waals surface area contributed by atoms with Crippen molar-refractivity contribution in [2.75, 3.05) is 0 Å². The van der Waals surface area contributed by atoms with E-state index in [1.165, 1.54) is 12.1 Å². The molecule has 1 aromatic rings. The Morgan fingerprint density at radius 1 is 1.50 bits per heavy atom. The van der Waals surface area contributed by atoms with Crippen LogP contribution in [-0.4, -0.2) is 5.91 Å². The highest BCUT2D eigenvalue weighted by molar-refractivity contribution is 5.80. The average molecular weight is 171 g/mol. The van der Waals surface area contributed by atoms with Crippen molar-refractivity contribution in [1.29, 1.82) is 0 Å². The average Bonchev–Trinajstić information content (AvgIpc) is 2.03. The summed E-state index contributed by atoms with van der Waals surface area (Å²) < 4.78 is 25.3. The maximum absolute atomic E-state index is 12.8. The second kappa shape index (κ2) is 3.30. The van der Waals surface area contributed by atoms with Crippen LogP contribution < -0.4 is 5.73 Å². The Morgan fingerprint density at radius 2 is 2.17 bits per heavy atom. The van der Waals surface area contributed by atoms with Crippen LogP contribution in [0.15, 0.2) is 24.3 Å². The van der Waals surface area contributed by atoms with E-state index in [2.05, 4.69) is 5.73 Å². The molecular formula is C8H7F2NO. The van der Waals surface area contributed by atoms with Crippen molar-refractivity contribution in [1.82, 2.24) is 0 Å². The highest BCUT2D eigenvalue weighted by atomic mass is 19.1. The van der Waals surface area contributed by atoms with Crippen molar-refractivity contribution in [3.8, 4) is 0 Å². The molecule has 2 N–H and O–H groups in total. The number of halogens is 2. The van der Waals surface area contributed by atoms with Crippen molar-refractivity contribution < 1.29 is 13.6 Å². The molecule has 12 heavy (non-hydrogen) atoms. The molecule has 0 fully saturated rings. The lowest BCUT2D eigenvalue weighted by Crippen LogP contribution is -2.17. The Hall–Kier alpha value is -1.45. The molecule has 1 amide bonds. The molecule has 4 heteroatoms. The van der Waals surface area contributed by atoms with Gasteiger partial charge in [0.05, 0.1) is 0 Å². The fourth-order valence-electron chi connectivity index (χ4n) is 0.829. The SMILES string of the molecule is NC(=O)C(F)c1cccc(F)c1. The second-order valence-corrected chi connectivity index (χ2v) is 2.32. The van der Waals surface area contributed by atoms with Gasteiger partial charge in [0.25, 0.3) is 5.91 Å². The van der Waals surface area contributed by atoms with Gasteiger partial charge in [-0.25, -0.2) is 8.78 Å². The zero-order valence-electron chi connectivity index (χ0n) is 6.13. The molecule has 1 unspecified atom stereocenters. The predicted molar refractivity (Wildman–Crippen MR) is 39.4 cm³/mol. The number of benzene rings is 1. The molecule has 0 radical (unpaired) electrons. The first-order valence-electron chi connectivity index (χ1n) is 3.30. The summed E-state index contributed by atoms with van der Waals surface area (Å²) in [5.74, 6) is -1.70. The Labute approximate surface area is 68.0 Å². The lowest BCUT2D eigenvalue weighted by Gasteiger charge is -2.02. The van der Waals surface area contributed by atoms with Crippen molar-refractivity contribution in [3.05, 3.63) is 35.6 Å². The van der Waals surface area contributed by atoms with Gasteiger partial charge in [0.1, 0.15) is 5.82 Å². The number of amides is 1. The fourth-order valence-corrected chi connectivity index (χ4v) is 0.829. The highest BCUT2D eigenvalue weighted by Gasteiger charge is 2.15. The Kier molecular flexibility index (Phi) is 2.38. The number of hydrogen-bond donors (Lipinski definition) is 1. The van der Waals surface area contributed by atoms with E-state index >= 15 is 0 Å². The van der Waals surface area contributed by atoms with Crippen LogP contribution >= 0.6 is 0 Å². The molecule has 0 aliphatic heterocycles. The molecule has 0 bridgehead atoms. The van der Waals surface area contributed by atoms with Crippen LogP contribution in [0.3, 0.4) is 0 Å². The lowest BCUT2D eigenvalue weighted by molar-refractivity contribution is -0.122. The summed E-state index contributed by atoms with van der Waals surface area (Å²) in [5, 5.41) is 0. The summed E-state index contributed by atoms with van der Waals surface area (Å²) in [6.45, 7) is 0. The zero-order chi connectivity index (χ0) is 9.14. The monoisotopic (exact) mass is 171 g/mol. The van der Waals surface area contributed by atoms with E-state index in [1.807, 2.05) is 0 Å². The minimum atomic E-state index is -1.93. The van der Waals surface area contributed by atoms with Crippen molar-refractivity contribution in [2.45, 2.75) is 6.17 Å². The quantitative estimate of drug-likeness (QED) is 0.716. The first-order valence-corrected chi connectivity index (χ1v) is 3.30. The molecular weight excluding hydrogens is 164 g/mol. The van der Waals surface area contributed by atoms with Crippen LogP contribution in [0.5, 0.6) is 0 Å². The van der Waals surface area contributed by atoms with Crippen molar-refractivity contribution in [2.24, 2.45) is 5.73 Å². The molecule has 0 saturated carbocycles. The zero-order valence-corrected chi connectivity index (χ0v) is 6.13. The maximum atomic E-state index is 12.8. The van der Waals surface area contributed by atoms with E-state index in [0.29, 0.717) is 0 Å². The molecule has 0 aliphatic carbocycles. The standard InChI is InChI=1S/C8H7F2NO/c9-6-3-1-2-5(4-6)7(10)8(11)12/h1-4,7H,(H2,11,12). The van der Waals surface area contributed by atoms with Crippen LogP contribution in [0.1, 0.15) is 11.7 Å². The van der Waals surface area contributed by atoms with E-state index in [1.54, 1.807) is 0 Å². The minimum Gasteiger partial charge on any atom is -0.367 e. The maximum Gasteiger partial charge on any atom is 0.256 e. The molecule has 0 heterocycles. The summed E-state index contributed by atoms with van der Waals surface area (Å²) in [4.78, 5) is 10.3. The predicted octanol–water partition coefficient (Wildman–Crippen LogP) is 1.32. The summed E-state index contributed by atoms with van der Waals surface area (Å²) in [5.41, 5.74) is 4.63. The summed E-state index contributed by atoms with van der Waals surface area (Å²) >= 11 is 0. The first kappa shape index (κ1) is 8.64. The van der Waals surface area contributed by atoms with Crippen molar-refractivity contribution in [3.63, 3.8) is 0 Å². The smallest absolute Gasteiger partial charge is 0.256 e. The Morgan fingerprint density at radius 3 is 2.67 bits per heavy atom. The van der Waals surface area contributed by atoms with E-state index in [0.717, 1.165) is 12.1 Å². The number of carbonyl (C=O) groups is 1. The summed E-state index contributed by atoms with van der Waals surface area (Å²) in [7, 11) is 0. The van der Waals surface area contributed by atoms with E-state index in [4.69, 9.17) is 0 Å². The molecule has 64 valence electrons. The van der Waals surface area contributed by atoms with E-state index in [9.17, 15) is 13.6 Å². The van der Waals surface area contributed by atoms with Gasteiger partial charge in [-0.2, -0.15) is 0 Å². The fraction of sp³-hybridized carbons (Fsp3) is 0.125. The molecule has 0 aliphatic rings. The van der Waals surface area contributed by atoms with Crippen LogP contribution in [0.4, 0.5) is 8.78 Å². The van der Waals surface area contributed by atoms with Gasteiger partial charge in [-0.05, 0) is 17.7 Å². The highest BCUT2D eigenvalue weighted by Crippen LogP contribution is 2.16. The largest absolute Gasteiger partial charge is 0.367 e. The van der Waals surface area contributed by atoms with Gasteiger partial charge < -0.3 is 5.73 Å². The topological polar surface area (TPSA) is 43.1 Å². The number of hydrogen-bond acceptors (Lipinski definition) is 1. The molecule has 2 nitrogen and oxygen atoms in total. The van der Waals surface area contributed by atoms with Crippen molar-refractivity contribution >= 4 is 5.91 Å². The molecule has 1 rings (SSSR count). The Balaban J connectivity index is 2.95. The van der Waals surface area contributed by atoms with Gasteiger partial charge in [-0.3, -0.25) is 4.79 Å². The number of nitrogens with two attached hydrogens (primary N) is 1. The van der Waals surface area contributed by atoms with Gasteiger partial charge in [0.15, 0.2) is 0 Å². The third-order valence-electron chi connectivity index (χ3n) is 1.39. The van der Waals surface area contributed by atoms with Gasteiger partial charge in [0, 0.05) is 0 Å². The van der Waals surface area contributed by atoms with E-state index in [-0.39, 0.29) is 5.56 Å². The van der Waals surface area contributed by atoms with Crippen LogP contribution in [0, 0.1) is 5.82 Å². The first-order chi connectivity index (χ1) is 5.61. The normalized spacial score (nSPS) is 12.5. The number of primary amides is 1. The molecule has 1 aromatic carbocycles. The van der Waals surface area contributed by atoms with Crippen LogP contribution in [-0.2, 0) is 4.79 Å². The lowest BCUT2D eigenvalue weighted by atomic mass is 10.1. The van der Waals surface area contributed by atoms with Gasteiger partial charge in [-0.1, -0.05) is 12.1 Å². The molecule has 0 spiro atoms. The second-order valence-electron chi connectivity index (χ2n) is 2.32. The number of rotatable bonds is 2. The van der Waals surface area contributed by atoms with Gasteiger partial charge in [-0.15, -0.1) is 0 Å². The number of carbonyl (C=O) groups excluding carboxylic acids is 1. The third-order valence-corrected chi connectivity index (χ3v) is 1.39. The summed E-state index contributed by atoms with van der Waals surface area (Å²) in [6.07, 6.45) is -1.93. The molecule has 0 aromatic heterocycles. The Bertz CT molecular complexity index is 301. The number of alkyl halides is 1. The third kappa shape index (κ3) is 1.78. The molecule has 1 atom stereocenters. The molecule has 0 saturated heterocycles.